The Hall–Kier alpha value is -1.98. The summed E-state index contributed by atoms with van der Waals surface area (Å²) in [5.74, 6) is 0.685. The van der Waals surface area contributed by atoms with Gasteiger partial charge in [-0.05, 0) is 45.2 Å². The van der Waals surface area contributed by atoms with Crippen molar-refractivity contribution in [3.8, 4) is 11.5 Å². The summed E-state index contributed by atoms with van der Waals surface area (Å²) in [5.41, 5.74) is 4.48. The lowest BCUT2D eigenvalue weighted by Gasteiger charge is -2.22. The summed E-state index contributed by atoms with van der Waals surface area (Å²) in [7, 11) is 0. The lowest BCUT2D eigenvalue weighted by molar-refractivity contribution is 0.459. The number of nitrogens with zero attached hydrogens (tertiary/aromatic N) is 2. The van der Waals surface area contributed by atoms with Crippen LogP contribution in [0.25, 0.3) is 11.5 Å². The highest BCUT2D eigenvalue weighted by atomic mass is 32.1. The summed E-state index contributed by atoms with van der Waals surface area (Å²) in [6, 6.07) is 8.64. The minimum absolute atomic E-state index is 0.388. The maximum absolute atomic E-state index is 5.64. The van der Waals surface area contributed by atoms with Crippen LogP contribution in [0.4, 0.5) is 0 Å². The van der Waals surface area contributed by atoms with E-state index >= 15 is 0 Å². The molecule has 0 radical (unpaired) electrons. The fourth-order valence-electron chi connectivity index (χ4n) is 3.18. The Balaban J connectivity index is 1.45. The summed E-state index contributed by atoms with van der Waals surface area (Å²) in [6.07, 6.45) is 5.22. The molecule has 1 N–H and O–H groups in total. The van der Waals surface area contributed by atoms with Crippen molar-refractivity contribution in [1.29, 1.82) is 0 Å². The highest BCUT2D eigenvalue weighted by Crippen LogP contribution is 2.34. The van der Waals surface area contributed by atoms with Gasteiger partial charge in [0.1, 0.15) is 6.26 Å². The number of aromatic nitrogens is 2. The Bertz CT molecular complexity index is 835. The molecule has 0 aliphatic heterocycles. The molecule has 2 heterocycles. The Labute approximate surface area is 146 Å². The number of oxazole rings is 1. The molecule has 1 aliphatic rings. The minimum atomic E-state index is 0.388. The van der Waals surface area contributed by atoms with Gasteiger partial charge in [0.25, 0.3) is 0 Å². The molecule has 0 saturated carbocycles. The summed E-state index contributed by atoms with van der Waals surface area (Å²) in [6.45, 7) is 4.89. The fourth-order valence-corrected chi connectivity index (χ4v) is 4.26. The molecule has 1 aromatic carbocycles. The Kier molecular flexibility index (Phi) is 4.21. The van der Waals surface area contributed by atoms with Crippen molar-refractivity contribution in [3.05, 3.63) is 57.4 Å². The second kappa shape index (κ2) is 6.49. The molecule has 0 fully saturated rings. The highest BCUT2D eigenvalue weighted by molar-refractivity contribution is 7.11. The first-order valence-electron chi connectivity index (χ1n) is 8.40. The zero-order valence-electron chi connectivity index (χ0n) is 14.0. The van der Waals surface area contributed by atoms with E-state index in [-0.39, 0.29) is 0 Å². The molecule has 3 aromatic rings. The van der Waals surface area contributed by atoms with Crippen molar-refractivity contribution in [2.45, 2.75) is 45.7 Å². The molecule has 1 aliphatic carbocycles. The molecule has 124 valence electrons. The lowest BCUT2D eigenvalue weighted by atomic mass is 9.98. The topological polar surface area (TPSA) is 51.0 Å². The number of hydrogen-bond acceptors (Lipinski definition) is 5. The molecule has 0 spiro atoms. The zero-order valence-corrected chi connectivity index (χ0v) is 14.8. The van der Waals surface area contributed by atoms with Crippen LogP contribution >= 0.6 is 11.3 Å². The van der Waals surface area contributed by atoms with Crippen LogP contribution in [0.3, 0.4) is 0 Å². The zero-order chi connectivity index (χ0) is 16.5. The van der Waals surface area contributed by atoms with Crippen LogP contribution in [0.5, 0.6) is 0 Å². The Morgan fingerprint density at radius 2 is 2.04 bits per heavy atom. The number of rotatable bonds is 4. The molecule has 5 heteroatoms. The van der Waals surface area contributed by atoms with Crippen molar-refractivity contribution in [2.75, 3.05) is 0 Å². The largest absolute Gasteiger partial charge is 0.444 e. The molecular formula is C19H21N3OS. The van der Waals surface area contributed by atoms with Gasteiger partial charge >= 0.3 is 0 Å². The monoisotopic (exact) mass is 339 g/mol. The van der Waals surface area contributed by atoms with Crippen molar-refractivity contribution < 1.29 is 4.42 Å². The van der Waals surface area contributed by atoms with E-state index in [1.165, 1.54) is 22.6 Å². The second-order valence-electron chi connectivity index (χ2n) is 6.38. The third kappa shape index (κ3) is 3.14. The molecule has 0 unspecified atom stereocenters. The van der Waals surface area contributed by atoms with Gasteiger partial charge in [0, 0.05) is 23.0 Å². The molecule has 0 bridgehead atoms. The minimum Gasteiger partial charge on any atom is -0.444 e. The van der Waals surface area contributed by atoms with Crippen LogP contribution in [0, 0.1) is 13.8 Å². The van der Waals surface area contributed by atoms with Gasteiger partial charge < -0.3 is 9.73 Å². The molecule has 24 heavy (non-hydrogen) atoms. The predicted molar refractivity (Wildman–Crippen MR) is 96.0 cm³/mol. The molecular weight excluding hydrogens is 318 g/mol. The predicted octanol–water partition coefficient (Wildman–Crippen LogP) is 4.58. The third-order valence-corrected chi connectivity index (χ3v) is 5.56. The second-order valence-corrected chi connectivity index (χ2v) is 7.61. The molecule has 2 aromatic heterocycles. The van der Waals surface area contributed by atoms with E-state index in [0.717, 1.165) is 35.7 Å². The first-order valence-corrected chi connectivity index (χ1v) is 9.22. The molecule has 4 rings (SSSR count). The van der Waals surface area contributed by atoms with Crippen LogP contribution in [-0.4, -0.2) is 9.97 Å². The Morgan fingerprint density at radius 3 is 2.88 bits per heavy atom. The standard InChI is InChI=1S/C19H21N3OS/c1-12-6-8-14(9-7-12)19-22-15(11-23-19)10-20-16-4-3-5-17-18(16)24-13(2)21-17/h6-9,11,16,20H,3-5,10H2,1-2H3/t16-/m0/s1. The number of hydrogen-bond donors (Lipinski definition) is 1. The first kappa shape index (κ1) is 15.5. The van der Waals surface area contributed by atoms with E-state index in [0.29, 0.717) is 11.9 Å². The molecule has 0 amide bonds. The first-order chi connectivity index (χ1) is 11.7. The summed E-state index contributed by atoms with van der Waals surface area (Å²) >= 11 is 1.82. The van der Waals surface area contributed by atoms with Gasteiger partial charge in [-0.15, -0.1) is 11.3 Å². The number of aryl methyl sites for hydroxylation is 3. The van der Waals surface area contributed by atoms with Gasteiger partial charge in [0.2, 0.25) is 5.89 Å². The average molecular weight is 339 g/mol. The van der Waals surface area contributed by atoms with Crippen LogP contribution in [0.1, 0.15) is 45.7 Å². The van der Waals surface area contributed by atoms with Crippen LogP contribution in [0.2, 0.25) is 0 Å². The number of benzene rings is 1. The Morgan fingerprint density at radius 1 is 1.21 bits per heavy atom. The van der Waals surface area contributed by atoms with E-state index in [1.54, 1.807) is 6.26 Å². The van der Waals surface area contributed by atoms with E-state index in [1.807, 2.05) is 23.5 Å². The summed E-state index contributed by atoms with van der Waals surface area (Å²) in [4.78, 5) is 10.7. The van der Waals surface area contributed by atoms with E-state index in [9.17, 15) is 0 Å². The van der Waals surface area contributed by atoms with E-state index in [4.69, 9.17) is 4.42 Å². The average Bonchev–Trinajstić information content (AvgIpc) is 3.19. The van der Waals surface area contributed by atoms with Gasteiger partial charge in [-0.1, -0.05) is 17.7 Å². The fraction of sp³-hybridized carbons (Fsp3) is 0.368. The number of nitrogens with one attached hydrogen (secondary N) is 1. The quantitative estimate of drug-likeness (QED) is 0.756. The van der Waals surface area contributed by atoms with Crippen LogP contribution in [0.15, 0.2) is 34.9 Å². The molecule has 0 saturated heterocycles. The normalized spacial score (nSPS) is 17.0. The van der Waals surface area contributed by atoms with E-state index in [2.05, 4.69) is 41.3 Å². The van der Waals surface area contributed by atoms with Gasteiger partial charge in [-0.3, -0.25) is 0 Å². The maximum Gasteiger partial charge on any atom is 0.226 e. The molecule has 1 atom stereocenters. The lowest BCUT2D eigenvalue weighted by Crippen LogP contribution is -2.23. The van der Waals surface area contributed by atoms with Crippen molar-refractivity contribution in [3.63, 3.8) is 0 Å². The van der Waals surface area contributed by atoms with Gasteiger partial charge in [0.15, 0.2) is 0 Å². The maximum atomic E-state index is 5.64. The van der Waals surface area contributed by atoms with Gasteiger partial charge in [-0.25, -0.2) is 9.97 Å². The van der Waals surface area contributed by atoms with Crippen molar-refractivity contribution in [1.82, 2.24) is 15.3 Å². The highest BCUT2D eigenvalue weighted by Gasteiger charge is 2.23. The number of thiazole rings is 1. The summed E-state index contributed by atoms with van der Waals surface area (Å²) in [5, 5.41) is 4.79. The van der Waals surface area contributed by atoms with Crippen molar-refractivity contribution >= 4 is 11.3 Å². The number of fused-ring (bicyclic) bond motifs is 1. The summed E-state index contributed by atoms with van der Waals surface area (Å²) < 4.78 is 5.64. The van der Waals surface area contributed by atoms with Crippen LogP contribution < -0.4 is 5.32 Å². The van der Waals surface area contributed by atoms with E-state index < -0.39 is 0 Å². The molecule has 4 nitrogen and oxygen atoms in total. The van der Waals surface area contributed by atoms with Crippen molar-refractivity contribution in [2.24, 2.45) is 0 Å². The van der Waals surface area contributed by atoms with Crippen LogP contribution in [-0.2, 0) is 13.0 Å². The smallest absolute Gasteiger partial charge is 0.226 e. The van der Waals surface area contributed by atoms with Gasteiger partial charge in [-0.2, -0.15) is 0 Å². The third-order valence-electron chi connectivity index (χ3n) is 4.44. The SMILES string of the molecule is Cc1ccc(-c2nc(CN[C@H]3CCCc4nc(C)sc43)co2)cc1. The van der Waals surface area contributed by atoms with Gasteiger partial charge in [0.05, 0.1) is 16.4 Å².